The summed E-state index contributed by atoms with van der Waals surface area (Å²) in [5, 5.41) is 19.7. The van der Waals surface area contributed by atoms with Crippen LogP contribution < -0.4 is 0 Å². The summed E-state index contributed by atoms with van der Waals surface area (Å²) in [7, 11) is 0. The minimum atomic E-state index is -1.06. The number of fused-ring (bicyclic) bond motifs is 1. The molecule has 0 atom stereocenters. The van der Waals surface area contributed by atoms with E-state index in [9.17, 15) is 9.59 Å². The van der Waals surface area contributed by atoms with Crippen molar-refractivity contribution < 1.29 is 14.7 Å². The van der Waals surface area contributed by atoms with Crippen LogP contribution in [0.5, 0.6) is 0 Å². The Morgan fingerprint density at radius 3 is 3.05 bits per heavy atom. The first-order valence-corrected chi connectivity index (χ1v) is 7.67. The summed E-state index contributed by atoms with van der Waals surface area (Å²) in [6.45, 7) is 0.937. The van der Waals surface area contributed by atoms with Crippen LogP contribution in [0.15, 0.2) is 16.8 Å². The smallest absolute Gasteiger partial charge is 0.356 e. The number of carboxylic acid groups (broad SMARTS) is 1. The van der Waals surface area contributed by atoms with Crippen molar-refractivity contribution in [2.45, 2.75) is 25.8 Å². The van der Waals surface area contributed by atoms with Crippen molar-refractivity contribution in [2.24, 2.45) is 0 Å². The van der Waals surface area contributed by atoms with Crippen LogP contribution in [-0.2, 0) is 24.2 Å². The van der Waals surface area contributed by atoms with E-state index in [0.717, 1.165) is 12.1 Å². The van der Waals surface area contributed by atoms with Crippen LogP contribution in [0, 0.1) is 0 Å². The van der Waals surface area contributed by atoms with Crippen molar-refractivity contribution in [2.75, 3.05) is 6.54 Å². The Morgan fingerprint density at radius 2 is 2.33 bits per heavy atom. The predicted molar refractivity (Wildman–Crippen MR) is 77.3 cm³/mol. The lowest BCUT2D eigenvalue weighted by Gasteiger charge is -2.27. The van der Waals surface area contributed by atoms with Crippen molar-refractivity contribution in [3.8, 4) is 0 Å². The number of carbonyl (C=O) groups is 2. The number of nitrogens with one attached hydrogen (secondary N) is 1. The molecule has 0 saturated carbocycles. The van der Waals surface area contributed by atoms with E-state index in [1.165, 1.54) is 5.56 Å². The fraction of sp³-hybridized carbons (Fsp3) is 0.357. The normalized spacial score (nSPS) is 14.0. The second-order valence-electron chi connectivity index (χ2n) is 5.03. The zero-order valence-electron chi connectivity index (χ0n) is 11.3. The van der Waals surface area contributed by atoms with Gasteiger partial charge in [0.05, 0.1) is 0 Å². The highest BCUT2D eigenvalue weighted by atomic mass is 32.1. The molecule has 0 aromatic carbocycles. The van der Waals surface area contributed by atoms with Gasteiger partial charge in [-0.05, 0) is 28.8 Å². The van der Waals surface area contributed by atoms with Gasteiger partial charge in [-0.15, -0.1) is 0 Å². The number of hydrogen-bond acceptors (Lipinski definition) is 4. The molecule has 21 heavy (non-hydrogen) atoms. The van der Waals surface area contributed by atoms with Gasteiger partial charge in [-0.1, -0.05) is 0 Å². The number of carboxylic acids is 1. The predicted octanol–water partition coefficient (Wildman–Crippen LogP) is 1.69. The summed E-state index contributed by atoms with van der Waals surface area (Å²) in [6.07, 6.45) is 1.80. The Bertz CT molecular complexity index is 663. The van der Waals surface area contributed by atoms with Crippen LogP contribution in [0.1, 0.15) is 33.7 Å². The second kappa shape index (κ2) is 5.69. The first kappa shape index (κ1) is 13.8. The third-order valence-electron chi connectivity index (χ3n) is 3.70. The van der Waals surface area contributed by atoms with E-state index in [4.69, 9.17) is 5.11 Å². The van der Waals surface area contributed by atoms with Gasteiger partial charge in [0.2, 0.25) is 5.91 Å². The molecular formula is C14H15N3O3S. The lowest BCUT2D eigenvalue weighted by molar-refractivity contribution is -0.132. The third kappa shape index (κ3) is 2.82. The summed E-state index contributed by atoms with van der Waals surface area (Å²) < 4.78 is 0. The lowest BCUT2D eigenvalue weighted by Crippen LogP contribution is -2.36. The topological polar surface area (TPSA) is 86.3 Å². The Kier molecular flexibility index (Phi) is 3.74. The summed E-state index contributed by atoms with van der Waals surface area (Å²) in [5.74, 6) is -0.996. The highest BCUT2D eigenvalue weighted by molar-refractivity contribution is 7.07. The zero-order chi connectivity index (χ0) is 14.8. The molecule has 2 N–H and O–H groups in total. The maximum absolute atomic E-state index is 12.3. The first-order valence-electron chi connectivity index (χ1n) is 6.73. The quantitative estimate of drug-likeness (QED) is 0.900. The van der Waals surface area contributed by atoms with Crippen LogP contribution >= 0.6 is 11.3 Å². The molecule has 1 amide bonds. The molecule has 1 aliphatic rings. The molecule has 0 spiro atoms. The zero-order valence-corrected chi connectivity index (χ0v) is 12.2. The van der Waals surface area contributed by atoms with E-state index in [1.807, 2.05) is 16.8 Å². The number of aryl methyl sites for hydroxylation is 1. The monoisotopic (exact) mass is 305 g/mol. The van der Waals surface area contributed by atoms with Gasteiger partial charge in [0.1, 0.15) is 0 Å². The molecule has 3 rings (SSSR count). The maximum atomic E-state index is 12.3. The molecule has 0 aliphatic carbocycles. The number of hydrogen-bond donors (Lipinski definition) is 2. The van der Waals surface area contributed by atoms with Crippen LogP contribution in [0.4, 0.5) is 0 Å². The number of aromatic amines is 1. The number of amides is 1. The van der Waals surface area contributed by atoms with E-state index >= 15 is 0 Å². The number of aromatic carboxylic acids is 1. The summed E-state index contributed by atoms with van der Waals surface area (Å²) in [6, 6.07) is 2.02. The highest BCUT2D eigenvalue weighted by Crippen LogP contribution is 2.21. The molecule has 6 nitrogen and oxygen atoms in total. The summed E-state index contributed by atoms with van der Waals surface area (Å²) in [4.78, 5) is 25.1. The summed E-state index contributed by atoms with van der Waals surface area (Å²) >= 11 is 1.62. The molecule has 3 heterocycles. The molecule has 0 radical (unpaired) electrons. The molecule has 0 unspecified atom stereocenters. The number of rotatable bonds is 4. The maximum Gasteiger partial charge on any atom is 0.356 e. The van der Waals surface area contributed by atoms with E-state index in [2.05, 4.69) is 10.2 Å². The minimum Gasteiger partial charge on any atom is -0.476 e. The molecule has 0 fully saturated rings. The number of H-pyrrole nitrogens is 1. The second-order valence-corrected chi connectivity index (χ2v) is 5.81. The van der Waals surface area contributed by atoms with E-state index < -0.39 is 5.97 Å². The third-order valence-corrected chi connectivity index (χ3v) is 4.43. The van der Waals surface area contributed by atoms with Gasteiger partial charge >= 0.3 is 5.97 Å². The first-order chi connectivity index (χ1) is 10.1. The van der Waals surface area contributed by atoms with Crippen LogP contribution in [-0.4, -0.2) is 38.6 Å². The van der Waals surface area contributed by atoms with Crippen molar-refractivity contribution >= 4 is 23.2 Å². The van der Waals surface area contributed by atoms with Crippen molar-refractivity contribution in [1.29, 1.82) is 0 Å². The van der Waals surface area contributed by atoms with Gasteiger partial charge in [0.15, 0.2) is 5.69 Å². The lowest BCUT2D eigenvalue weighted by atomic mass is 10.0. The fourth-order valence-corrected chi connectivity index (χ4v) is 3.23. The van der Waals surface area contributed by atoms with Gasteiger partial charge in [-0.2, -0.15) is 16.4 Å². The standard InChI is InChI=1S/C14H15N3O3S/c18-12(2-1-9-4-6-21-8-9)17-5-3-11-10(7-17)13(14(19)20)16-15-11/h4,6,8H,1-3,5,7H2,(H,15,16)(H,19,20). The van der Waals surface area contributed by atoms with Crippen molar-refractivity contribution in [3.05, 3.63) is 39.3 Å². The van der Waals surface area contributed by atoms with Crippen molar-refractivity contribution in [3.63, 3.8) is 0 Å². The molecule has 2 aromatic rings. The van der Waals surface area contributed by atoms with Gasteiger partial charge in [0, 0.05) is 37.2 Å². The molecule has 0 bridgehead atoms. The Labute approximate surface area is 125 Å². The van der Waals surface area contributed by atoms with Gasteiger partial charge in [0.25, 0.3) is 0 Å². The molecule has 0 saturated heterocycles. The van der Waals surface area contributed by atoms with Crippen LogP contribution in [0.2, 0.25) is 0 Å². The number of aromatic nitrogens is 2. The van der Waals surface area contributed by atoms with E-state index in [1.54, 1.807) is 16.2 Å². The minimum absolute atomic E-state index is 0.0281. The fourth-order valence-electron chi connectivity index (χ4n) is 2.53. The van der Waals surface area contributed by atoms with Gasteiger partial charge in [-0.3, -0.25) is 9.89 Å². The molecule has 2 aromatic heterocycles. The highest BCUT2D eigenvalue weighted by Gasteiger charge is 2.27. The molecule has 7 heteroatoms. The average Bonchev–Trinajstić information content (AvgIpc) is 3.13. The Hall–Kier alpha value is -2.15. The van der Waals surface area contributed by atoms with Crippen molar-refractivity contribution in [1.82, 2.24) is 15.1 Å². The number of carbonyl (C=O) groups excluding carboxylic acids is 1. The van der Waals surface area contributed by atoms with E-state index in [-0.39, 0.29) is 11.6 Å². The SMILES string of the molecule is O=C(O)c1n[nH]c2c1CN(C(=O)CCc1ccsc1)CC2. The molecule has 110 valence electrons. The number of nitrogens with zero attached hydrogens (tertiary/aromatic N) is 2. The number of thiophene rings is 1. The molecule has 1 aliphatic heterocycles. The van der Waals surface area contributed by atoms with Gasteiger partial charge in [-0.25, -0.2) is 4.79 Å². The average molecular weight is 305 g/mol. The van der Waals surface area contributed by atoms with Crippen LogP contribution in [0.25, 0.3) is 0 Å². The van der Waals surface area contributed by atoms with Crippen LogP contribution in [0.3, 0.4) is 0 Å². The van der Waals surface area contributed by atoms with Gasteiger partial charge < -0.3 is 10.0 Å². The Morgan fingerprint density at radius 1 is 1.48 bits per heavy atom. The van der Waals surface area contributed by atoms with E-state index in [0.29, 0.717) is 31.5 Å². The molecular weight excluding hydrogens is 290 g/mol. The largest absolute Gasteiger partial charge is 0.476 e. The summed E-state index contributed by atoms with van der Waals surface area (Å²) in [5.41, 5.74) is 2.66. The Balaban J connectivity index is 1.66.